The predicted octanol–water partition coefficient (Wildman–Crippen LogP) is 1.63. The third kappa shape index (κ3) is 3.67. The van der Waals surface area contributed by atoms with Crippen LogP contribution in [-0.2, 0) is 4.74 Å². The third-order valence-corrected chi connectivity index (χ3v) is 2.18. The zero-order valence-electron chi connectivity index (χ0n) is 9.83. The molecule has 0 unspecified atom stereocenters. The minimum atomic E-state index is -1.44. The van der Waals surface area contributed by atoms with E-state index in [9.17, 15) is 14.0 Å². The average Bonchev–Trinajstić information content (AvgIpc) is 2.15. The van der Waals surface area contributed by atoms with Crippen molar-refractivity contribution >= 4 is 12.3 Å². The lowest BCUT2D eigenvalue weighted by Crippen LogP contribution is -2.50. The Hall–Kier alpha value is -1.33. The lowest BCUT2D eigenvalue weighted by molar-refractivity contribution is 0.0161. The van der Waals surface area contributed by atoms with E-state index in [1.807, 2.05) is 0 Å². The number of carbonyl (C=O) groups is 2. The molecule has 0 spiro atoms. The van der Waals surface area contributed by atoms with Gasteiger partial charge in [-0.2, -0.15) is 0 Å². The number of carbonyl (C=O) groups excluding carboxylic acids is 2. The Morgan fingerprint density at radius 1 is 1.06 bits per heavy atom. The van der Waals surface area contributed by atoms with Crippen LogP contribution >= 0.6 is 0 Å². The number of nitrogens with zero attached hydrogens (tertiary/aromatic N) is 2. The number of ether oxygens (including phenoxy) is 1. The molecule has 0 aromatic heterocycles. The lowest BCUT2D eigenvalue weighted by atomic mass is 10.2. The van der Waals surface area contributed by atoms with Crippen LogP contribution in [-0.4, -0.2) is 53.8 Å². The van der Waals surface area contributed by atoms with E-state index in [1.54, 1.807) is 20.8 Å². The van der Waals surface area contributed by atoms with Gasteiger partial charge in [0, 0.05) is 26.2 Å². The van der Waals surface area contributed by atoms with E-state index in [4.69, 9.17) is 4.74 Å². The molecule has 1 heterocycles. The fourth-order valence-electron chi connectivity index (χ4n) is 1.39. The second kappa shape index (κ2) is 4.67. The zero-order valence-corrected chi connectivity index (χ0v) is 9.83. The smallest absolute Gasteiger partial charge is 0.410 e. The highest BCUT2D eigenvalue weighted by Gasteiger charge is 2.27. The van der Waals surface area contributed by atoms with E-state index in [0.29, 0.717) is 13.1 Å². The summed E-state index contributed by atoms with van der Waals surface area (Å²) >= 11 is 0. The predicted molar refractivity (Wildman–Crippen MR) is 55.9 cm³/mol. The van der Waals surface area contributed by atoms with E-state index in [1.165, 1.54) is 4.90 Å². The van der Waals surface area contributed by atoms with Crippen molar-refractivity contribution in [2.45, 2.75) is 26.4 Å². The van der Waals surface area contributed by atoms with Gasteiger partial charge in [-0.15, -0.1) is 4.39 Å². The van der Waals surface area contributed by atoms with Crippen molar-refractivity contribution in [1.82, 2.24) is 9.80 Å². The van der Waals surface area contributed by atoms with Gasteiger partial charge in [-0.05, 0) is 20.8 Å². The number of halogens is 1. The molecule has 0 aliphatic carbocycles. The molecule has 2 amide bonds. The maximum atomic E-state index is 12.3. The standard InChI is InChI=1S/C10H17FN2O3/c1-10(2,3)16-9(15)13-6-4-12(5-7-13)8(11)14/h4-7H2,1-3H3. The van der Waals surface area contributed by atoms with Crippen LogP contribution in [0.2, 0.25) is 0 Å². The minimum absolute atomic E-state index is 0.217. The normalized spacial score (nSPS) is 17.2. The number of hydrogen-bond acceptors (Lipinski definition) is 3. The van der Waals surface area contributed by atoms with Crippen LogP contribution in [0.25, 0.3) is 0 Å². The van der Waals surface area contributed by atoms with E-state index in [0.717, 1.165) is 4.90 Å². The van der Waals surface area contributed by atoms with Crippen molar-refractivity contribution in [3.8, 4) is 0 Å². The number of hydrogen-bond donors (Lipinski definition) is 0. The highest BCUT2D eigenvalue weighted by Crippen LogP contribution is 2.12. The summed E-state index contributed by atoms with van der Waals surface area (Å²) in [4.78, 5) is 24.6. The Morgan fingerprint density at radius 3 is 1.88 bits per heavy atom. The first-order valence-electron chi connectivity index (χ1n) is 5.22. The summed E-state index contributed by atoms with van der Waals surface area (Å²) in [5.74, 6) is 0. The SMILES string of the molecule is CC(C)(C)OC(=O)N1CCN(C(=O)F)CC1. The molecule has 1 aliphatic rings. The molecule has 16 heavy (non-hydrogen) atoms. The summed E-state index contributed by atoms with van der Waals surface area (Å²) in [6, 6.07) is 0. The van der Waals surface area contributed by atoms with Crippen LogP contribution in [0.4, 0.5) is 14.0 Å². The molecule has 6 heteroatoms. The van der Waals surface area contributed by atoms with Crippen LogP contribution in [0, 0.1) is 0 Å². The number of amides is 2. The summed E-state index contributed by atoms with van der Waals surface area (Å²) < 4.78 is 17.5. The first-order valence-corrected chi connectivity index (χ1v) is 5.22. The molecule has 1 fully saturated rings. The van der Waals surface area contributed by atoms with Crippen molar-refractivity contribution < 1.29 is 18.7 Å². The molecule has 0 bridgehead atoms. The van der Waals surface area contributed by atoms with Gasteiger partial charge in [0.1, 0.15) is 5.60 Å². The van der Waals surface area contributed by atoms with Gasteiger partial charge in [0.2, 0.25) is 0 Å². The van der Waals surface area contributed by atoms with Crippen molar-refractivity contribution in [3.05, 3.63) is 0 Å². The molecule has 0 radical (unpaired) electrons. The van der Waals surface area contributed by atoms with Gasteiger partial charge in [-0.3, -0.25) is 0 Å². The van der Waals surface area contributed by atoms with Crippen molar-refractivity contribution in [2.24, 2.45) is 0 Å². The Labute approximate surface area is 94.1 Å². The largest absolute Gasteiger partial charge is 0.444 e. The van der Waals surface area contributed by atoms with E-state index >= 15 is 0 Å². The molecule has 1 aliphatic heterocycles. The van der Waals surface area contributed by atoms with Gasteiger partial charge >= 0.3 is 12.3 Å². The molecule has 5 nitrogen and oxygen atoms in total. The van der Waals surface area contributed by atoms with Gasteiger partial charge in [0.15, 0.2) is 0 Å². The molecule has 0 aromatic rings. The Balaban J connectivity index is 2.42. The monoisotopic (exact) mass is 232 g/mol. The maximum Gasteiger partial charge on any atom is 0.410 e. The highest BCUT2D eigenvalue weighted by atomic mass is 19.1. The molecule has 1 saturated heterocycles. The lowest BCUT2D eigenvalue weighted by Gasteiger charge is -2.34. The van der Waals surface area contributed by atoms with E-state index < -0.39 is 17.9 Å². The van der Waals surface area contributed by atoms with Gasteiger partial charge in [0.25, 0.3) is 0 Å². The fraction of sp³-hybridized carbons (Fsp3) is 0.800. The summed E-state index contributed by atoms with van der Waals surface area (Å²) in [6.45, 7) is 6.41. The van der Waals surface area contributed by atoms with Crippen molar-refractivity contribution in [2.75, 3.05) is 26.2 Å². The second-order valence-electron chi connectivity index (χ2n) is 4.71. The van der Waals surface area contributed by atoms with Crippen molar-refractivity contribution in [1.29, 1.82) is 0 Å². The molecule has 0 aromatic carbocycles. The van der Waals surface area contributed by atoms with Gasteiger partial charge < -0.3 is 14.5 Å². The number of piperazine rings is 1. The molecule has 1 rings (SSSR count). The van der Waals surface area contributed by atoms with Crippen LogP contribution < -0.4 is 0 Å². The summed E-state index contributed by atoms with van der Waals surface area (Å²) in [5.41, 5.74) is -0.538. The first kappa shape index (κ1) is 12.7. The van der Waals surface area contributed by atoms with Gasteiger partial charge in [-0.1, -0.05) is 0 Å². The second-order valence-corrected chi connectivity index (χ2v) is 4.71. The van der Waals surface area contributed by atoms with Crippen LogP contribution in [0.3, 0.4) is 0 Å². The van der Waals surface area contributed by atoms with Crippen LogP contribution in [0.15, 0.2) is 0 Å². The molecular weight excluding hydrogens is 215 g/mol. The quantitative estimate of drug-likeness (QED) is 0.471. The topological polar surface area (TPSA) is 49.9 Å². The maximum absolute atomic E-state index is 12.3. The van der Waals surface area contributed by atoms with E-state index in [-0.39, 0.29) is 13.1 Å². The molecule has 0 atom stereocenters. The summed E-state index contributed by atoms with van der Waals surface area (Å²) in [7, 11) is 0. The van der Waals surface area contributed by atoms with E-state index in [2.05, 4.69) is 0 Å². The molecule has 92 valence electrons. The number of rotatable bonds is 0. The molecule has 0 saturated carbocycles. The third-order valence-electron chi connectivity index (χ3n) is 2.18. The van der Waals surface area contributed by atoms with Crippen LogP contribution in [0.1, 0.15) is 20.8 Å². The van der Waals surface area contributed by atoms with Gasteiger partial charge in [-0.25, -0.2) is 9.59 Å². The Morgan fingerprint density at radius 2 is 1.50 bits per heavy atom. The summed E-state index contributed by atoms with van der Waals surface area (Å²) in [6.07, 6.45) is -1.86. The van der Waals surface area contributed by atoms with Crippen molar-refractivity contribution in [3.63, 3.8) is 0 Å². The highest BCUT2D eigenvalue weighted by molar-refractivity contribution is 5.69. The molecule has 0 N–H and O–H groups in total. The molecular formula is C10H17FN2O3. The van der Waals surface area contributed by atoms with Crippen LogP contribution in [0.5, 0.6) is 0 Å². The summed E-state index contributed by atoms with van der Waals surface area (Å²) in [5, 5.41) is 0. The Bertz CT molecular complexity index is 280. The zero-order chi connectivity index (χ0) is 12.3. The Kier molecular flexibility index (Phi) is 3.72. The average molecular weight is 232 g/mol. The van der Waals surface area contributed by atoms with Gasteiger partial charge in [0.05, 0.1) is 0 Å². The minimum Gasteiger partial charge on any atom is -0.444 e. The first-order chi connectivity index (χ1) is 7.29. The fourth-order valence-corrected chi connectivity index (χ4v) is 1.39.